The number of nitrogens with one attached hydrogen (secondary N) is 1. The van der Waals surface area contributed by atoms with Gasteiger partial charge in [0.15, 0.2) is 5.13 Å². The molecule has 158 valence electrons. The van der Waals surface area contributed by atoms with Gasteiger partial charge in [0, 0.05) is 36.2 Å². The van der Waals surface area contributed by atoms with Gasteiger partial charge in [-0.3, -0.25) is 20.0 Å². The molecule has 1 aliphatic heterocycles. The molecule has 0 saturated heterocycles. The second kappa shape index (κ2) is 8.24. The Hall–Kier alpha value is -3.03. The van der Waals surface area contributed by atoms with E-state index in [0.29, 0.717) is 17.3 Å². The number of pyridine rings is 1. The van der Waals surface area contributed by atoms with Crippen LogP contribution in [0.4, 0.5) is 5.13 Å². The van der Waals surface area contributed by atoms with E-state index < -0.39 is 0 Å². The van der Waals surface area contributed by atoms with Gasteiger partial charge in [-0.05, 0) is 37.7 Å². The molecule has 0 aliphatic carbocycles. The number of fused-ring (bicyclic) bond motifs is 3. The number of thiazole rings is 1. The Labute approximate surface area is 184 Å². The Morgan fingerprint density at radius 3 is 2.87 bits per heavy atom. The van der Waals surface area contributed by atoms with Crippen LogP contribution in [0.15, 0.2) is 42.5 Å². The van der Waals surface area contributed by atoms with Crippen LogP contribution >= 0.6 is 11.3 Å². The number of ether oxygens (including phenoxy) is 1. The van der Waals surface area contributed by atoms with Crippen LogP contribution in [-0.2, 0) is 13.0 Å². The lowest BCUT2D eigenvalue weighted by molar-refractivity contribution is 0.102. The summed E-state index contributed by atoms with van der Waals surface area (Å²) in [5, 5.41) is 4.53. The van der Waals surface area contributed by atoms with Gasteiger partial charge in [0.05, 0.1) is 27.9 Å². The molecule has 0 bridgehead atoms. The van der Waals surface area contributed by atoms with Crippen molar-refractivity contribution in [2.45, 2.75) is 26.8 Å². The molecule has 0 radical (unpaired) electrons. The van der Waals surface area contributed by atoms with Gasteiger partial charge in [-0.2, -0.15) is 0 Å². The van der Waals surface area contributed by atoms with Crippen LogP contribution in [0.5, 0.6) is 5.75 Å². The second-order valence-electron chi connectivity index (χ2n) is 7.58. The van der Waals surface area contributed by atoms with Gasteiger partial charge in [-0.1, -0.05) is 36.5 Å². The monoisotopic (exact) mass is 432 g/mol. The number of benzene rings is 2. The highest BCUT2D eigenvalue weighted by molar-refractivity contribution is 7.22. The van der Waals surface area contributed by atoms with E-state index >= 15 is 0 Å². The molecule has 1 aliphatic rings. The Kier molecular flexibility index (Phi) is 5.29. The van der Waals surface area contributed by atoms with Crippen LogP contribution in [0.3, 0.4) is 0 Å². The molecule has 7 heteroatoms. The van der Waals surface area contributed by atoms with E-state index in [1.54, 1.807) is 0 Å². The third-order valence-electron chi connectivity index (χ3n) is 5.69. The quantitative estimate of drug-likeness (QED) is 0.487. The standard InChI is InChI=1S/C24H24N4O2S/c1-3-28-12-11-19-17(14-28)22(16-7-5-6-8-18(16)25-19)23(29)27-24-26-20-10-9-15(30-4-2)13-21(20)31-24/h5-10,13H,3-4,11-12,14H2,1-2H3,(H,26,27,29). The molecular weight excluding hydrogens is 408 g/mol. The number of nitrogens with zero attached hydrogens (tertiary/aromatic N) is 3. The molecule has 6 nitrogen and oxygen atoms in total. The number of para-hydroxylation sites is 1. The Bertz CT molecular complexity index is 1280. The average molecular weight is 433 g/mol. The molecule has 0 saturated carbocycles. The van der Waals surface area contributed by atoms with Crippen LogP contribution in [0.25, 0.3) is 21.1 Å². The lowest BCUT2D eigenvalue weighted by Gasteiger charge is -2.29. The highest BCUT2D eigenvalue weighted by Crippen LogP contribution is 2.32. The van der Waals surface area contributed by atoms with Crippen LogP contribution in [0, 0.1) is 0 Å². The van der Waals surface area contributed by atoms with Crippen molar-refractivity contribution in [3.63, 3.8) is 0 Å². The first-order chi connectivity index (χ1) is 15.2. The first-order valence-electron chi connectivity index (χ1n) is 10.6. The summed E-state index contributed by atoms with van der Waals surface area (Å²) < 4.78 is 6.57. The smallest absolute Gasteiger partial charge is 0.258 e. The molecule has 4 aromatic rings. The maximum absolute atomic E-state index is 13.5. The minimum Gasteiger partial charge on any atom is -0.494 e. The van der Waals surface area contributed by atoms with E-state index in [1.807, 2.05) is 49.4 Å². The second-order valence-corrected chi connectivity index (χ2v) is 8.61. The van der Waals surface area contributed by atoms with Crippen molar-refractivity contribution in [3.8, 4) is 5.75 Å². The summed E-state index contributed by atoms with van der Waals surface area (Å²) in [5.41, 5.74) is 4.49. The fourth-order valence-corrected chi connectivity index (χ4v) is 5.04. The van der Waals surface area contributed by atoms with Gasteiger partial charge in [0.25, 0.3) is 5.91 Å². The number of carbonyl (C=O) groups excluding carboxylic acids is 1. The highest BCUT2D eigenvalue weighted by atomic mass is 32.1. The van der Waals surface area contributed by atoms with Crippen molar-refractivity contribution in [2.75, 3.05) is 25.0 Å². The fourth-order valence-electron chi connectivity index (χ4n) is 4.15. The summed E-state index contributed by atoms with van der Waals surface area (Å²) in [6.45, 7) is 7.38. The molecule has 0 atom stereocenters. The molecule has 0 unspecified atom stereocenters. The van der Waals surface area contributed by atoms with E-state index in [1.165, 1.54) is 11.3 Å². The zero-order valence-electron chi connectivity index (χ0n) is 17.6. The molecule has 31 heavy (non-hydrogen) atoms. The number of hydrogen-bond acceptors (Lipinski definition) is 6. The minimum absolute atomic E-state index is 0.128. The van der Waals surface area contributed by atoms with Crippen LogP contribution in [0.2, 0.25) is 0 Å². The van der Waals surface area contributed by atoms with Gasteiger partial charge in [-0.25, -0.2) is 4.98 Å². The topological polar surface area (TPSA) is 67.3 Å². The molecule has 0 fully saturated rings. The maximum atomic E-state index is 13.5. The third-order valence-corrected chi connectivity index (χ3v) is 6.62. The number of anilines is 1. The normalized spacial score (nSPS) is 14.0. The van der Waals surface area contributed by atoms with E-state index in [0.717, 1.165) is 64.2 Å². The van der Waals surface area contributed by atoms with E-state index in [9.17, 15) is 4.79 Å². The van der Waals surface area contributed by atoms with Gasteiger partial charge in [0.1, 0.15) is 5.75 Å². The summed E-state index contributed by atoms with van der Waals surface area (Å²) in [7, 11) is 0. The van der Waals surface area contributed by atoms with Gasteiger partial charge in [-0.15, -0.1) is 0 Å². The number of amides is 1. The van der Waals surface area contributed by atoms with E-state index in [-0.39, 0.29) is 5.91 Å². The Morgan fingerprint density at radius 2 is 2.03 bits per heavy atom. The number of carbonyl (C=O) groups is 1. The lowest BCUT2D eigenvalue weighted by atomic mass is 9.95. The first kappa shape index (κ1) is 19.9. The van der Waals surface area contributed by atoms with Crippen LogP contribution < -0.4 is 10.1 Å². The zero-order valence-corrected chi connectivity index (χ0v) is 18.5. The third kappa shape index (κ3) is 3.75. The average Bonchev–Trinajstić information content (AvgIpc) is 3.18. The fraction of sp³-hybridized carbons (Fsp3) is 0.292. The number of aromatic nitrogens is 2. The minimum atomic E-state index is -0.128. The van der Waals surface area contributed by atoms with Crippen molar-refractivity contribution >= 4 is 43.5 Å². The maximum Gasteiger partial charge on any atom is 0.258 e. The van der Waals surface area contributed by atoms with Crippen molar-refractivity contribution in [1.29, 1.82) is 0 Å². The number of rotatable bonds is 5. The molecule has 2 aromatic carbocycles. The summed E-state index contributed by atoms with van der Waals surface area (Å²) in [6.07, 6.45) is 0.857. The Balaban J connectivity index is 1.54. The van der Waals surface area contributed by atoms with E-state index in [2.05, 4.69) is 22.1 Å². The van der Waals surface area contributed by atoms with Gasteiger partial charge in [0.2, 0.25) is 0 Å². The largest absolute Gasteiger partial charge is 0.494 e. The molecule has 1 amide bonds. The van der Waals surface area contributed by atoms with Crippen LogP contribution in [0.1, 0.15) is 35.5 Å². The van der Waals surface area contributed by atoms with Crippen molar-refractivity contribution in [3.05, 3.63) is 59.3 Å². The molecular formula is C24H24N4O2S. The summed E-state index contributed by atoms with van der Waals surface area (Å²) in [4.78, 5) is 25.3. The number of hydrogen-bond donors (Lipinski definition) is 1. The molecule has 0 spiro atoms. The van der Waals surface area contributed by atoms with Crippen molar-refractivity contribution < 1.29 is 9.53 Å². The molecule has 1 N–H and O–H groups in total. The first-order valence-corrected chi connectivity index (χ1v) is 11.5. The summed E-state index contributed by atoms with van der Waals surface area (Å²) in [6, 6.07) is 13.7. The predicted molar refractivity (Wildman–Crippen MR) is 125 cm³/mol. The van der Waals surface area contributed by atoms with Gasteiger partial charge < -0.3 is 4.74 Å². The number of likely N-dealkylation sites (N-methyl/N-ethyl adjacent to an activating group) is 1. The Morgan fingerprint density at radius 1 is 1.16 bits per heavy atom. The molecule has 5 rings (SSSR count). The van der Waals surface area contributed by atoms with Crippen molar-refractivity contribution in [1.82, 2.24) is 14.9 Å². The lowest BCUT2D eigenvalue weighted by Crippen LogP contribution is -2.33. The molecule has 2 aromatic heterocycles. The summed E-state index contributed by atoms with van der Waals surface area (Å²) >= 11 is 1.46. The predicted octanol–water partition coefficient (Wildman–Crippen LogP) is 4.87. The SMILES string of the molecule is CCOc1ccc2nc(NC(=O)c3c4c(nc5ccccc35)CCN(CC)C4)sc2c1. The van der Waals surface area contributed by atoms with Crippen LogP contribution in [-0.4, -0.2) is 40.5 Å². The zero-order chi connectivity index (χ0) is 21.4. The molecule has 3 heterocycles. The van der Waals surface area contributed by atoms with Crippen molar-refractivity contribution in [2.24, 2.45) is 0 Å². The highest BCUT2D eigenvalue weighted by Gasteiger charge is 2.25. The summed E-state index contributed by atoms with van der Waals surface area (Å²) in [5.74, 6) is 0.683. The van der Waals surface area contributed by atoms with Gasteiger partial charge >= 0.3 is 0 Å². The van der Waals surface area contributed by atoms with E-state index in [4.69, 9.17) is 9.72 Å².